The number of ether oxygens (including phenoxy) is 2. The summed E-state index contributed by atoms with van der Waals surface area (Å²) in [6.07, 6.45) is 0.306. The van der Waals surface area contributed by atoms with E-state index in [1.807, 2.05) is 0 Å². The maximum absolute atomic E-state index is 11.2. The van der Waals surface area contributed by atoms with Gasteiger partial charge in [0.05, 0.1) is 11.0 Å². The van der Waals surface area contributed by atoms with Crippen molar-refractivity contribution < 1.29 is 27.8 Å². The highest BCUT2D eigenvalue weighted by molar-refractivity contribution is 7.89. The third-order valence-electron chi connectivity index (χ3n) is 2.57. The van der Waals surface area contributed by atoms with Crippen LogP contribution >= 0.6 is 0 Å². The minimum Gasteiger partial charge on any atom is -0.490 e. The van der Waals surface area contributed by atoms with Crippen molar-refractivity contribution in [2.45, 2.75) is 24.3 Å². The van der Waals surface area contributed by atoms with Crippen LogP contribution in [0.4, 0.5) is 0 Å². The van der Waals surface area contributed by atoms with Crippen molar-refractivity contribution in [2.75, 3.05) is 13.7 Å². The van der Waals surface area contributed by atoms with Crippen LogP contribution in [0.5, 0.6) is 5.75 Å². The van der Waals surface area contributed by atoms with Gasteiger partial charge in [-0.05, 0) is 25.1 Å². The number of hydrogen-bond donors (Lipinski definition) is 2. The highest BCUT2D eigenvalue weighted by Gasteiger charge is 2.18. The van der Waals surface area contributed by atoms with Gasteiger partial charge >= 0.3 is 5.97 Å². The van der Waals surface area contributed by atoms with Crippen molar-refractivity contribution >= 4 is 16.0 Å². The molecule has 1 aromatic carbocycles. The fourth-order valence-corrected chi connectivity index (χ4v) is 2.06. The first-order valence-electron chi connectivity index (χ1n) is 5.81. The molecule has 20 heavy (non-hydrogen) atoms. The number of nitrogens with two attached hydrogens (primary N) is 1. The average molecular weight is 303 g/mol. The number of hydrogen-bond acceptors (Lipinski definition) is 5. The second kappa shape index (κ2) is 6.69. The molecule has 0 bridgehead atoms. The molecule has 0 aliphatic rings. The first kappa shape index (κ1) is 16.4. The Hall–Kier alpha value is -1.64. The summed E-state index contributed by atoms with van der Waals surface area (Å²) in [5, 5.41) is 14.1. The molecule has 1 unspecified atom stereocenters. The molecule has 3 N–H and O–H groups in total. The summed E-state index contributed by atoms with van der Waals surface area (Å²) in [5.74, 6) is -1.20. The molecule has 0 spiro atoms. The van der Waals surface area contributed by atoms with E-state index in [4.69, 9.17) is 19.7 Å². The first-order valence-corrected chi connectivity index (χ1v) is 7.36. The minimum atomic E-state index is -3.96. The average Bonchev–Trinajstić information content (AvgIpc) is 2.35. The molecule has 1 aromatic rings. The van der Waals surface area contributed by atoms with Crippen LogP contribution in [0.15, 0.2) is 23.1 Å². The topological polar surface area (TPSA) is 116 Å². The van der Waals surface area contributed by atoms with E-state index >= 15 is 0 Å². The maximum Gasteiger partial charge on any atom is 0.339 e. The zero-order chi connectivity index (χ0) is 15.3. The van der Waals surface area contributed by atoms with Crippen LogP contribution in [0.25, 0.3) is 0 Å². The van der Waals surface area contributed by atoms with Gasteiger partial charge in [-0.2, -0.15) is 0 Å². The lowest BCUT2D eigenvalue weighted by atomic mass is 10.2. The molecule has 0 heterocycles. The number of aromatic carboxylic acids is 1. The number of benzene rings is 1. The molecule has 0 fully saturated rings. The third-order valence-corrected chi connectivity index (χ3v) is 3.48. The van der Waals surface area contributed by atoms with Gasteiger partial charge in [0.25, 0.3) is 0 Å². The molecule has 0 aromatic heterocycles. The highest BCUT2D eigenvalue weighted by atomic mass is 32.2. The van der Waals surface area contributed by atoms with Gasteiger partial charge in [-0.25, -0.2) is 18.4 Å². The lowest BCUT2D eigenvalue weighted by Gasteiger charge is -2.16. The summed E-state index contributed by atoms with van der Waals surface area (Å²) < 4.78 is 32.8. The van der Waals surface area contributed by atoms with Gasteiger partial charge in [-0.1, -0.05) is 0 Å². The zero-order valence-electron chi connectivity index (χ0n) is 11.2. The van der Waals surface area contributed by atoms with E-state index in [9.17, 15) is 13.2 Å². The van der Waals surface area contributed by atoms with E-state index < -0.39 is 16.0 Å². The molecule has 8 heteroatoms. The summed E-state index contributed by atoms with van der Waals surface area (Å²) in [6.45, 7) is 2.23. The van der Waals surface area contributed by atoms with Gasteiger partial charge in [-0.3, -0.25) is 0 Å². The third kappa shape index (κ3) is 4.48. The van der Waals surface area contributed by atoms with Crippen molar-refractivity contribution in [3.05, 3.63) is 23.8 Å². The van der Waals surface area contributed by atoms with E-state index in [1.165, 1.54) is 12.1 Å². The van der Waals surface area contributed by atoms with Crippen molar-refractivity contribution in [3.63, 3.8) is 0 Å². The molecule has 7 nitrogen and oxygen atoms in total. The number of primary sulfonamides is 1. The molecule has 0 aliphatic carbocycles. The molecule has 0 radical (unpaired) electrons. The molecule has 0 saturated carbocycles. The Morgan fingerprint density at radius 1 is 1.45 bits per heavy atom. The lowest BCUT2D eigenvalue weighted by molar-refractivity contribution is 0.0687. The summed E-state index contributed by atoms with van der Waals surface area (Å²) in [5.41, 5.74) is -0.249. The van der Waals surface area contributed by atoms with Crippen molar-refractivity contribution in [3.8, 4) is 5.75 Å². The molecule has 1 rings (SSSR count). The van der Waals surface area contributed by atoms with E-state index in [0.717, 1.165) is 6.07 Å². The molecular weight excluding hydrogens is 286 g/mol. The predicted octanol–water partition coefficient (Wildman–Crippen LogP) is 0.836. The second-order valence-corrected chi connectivity index (χ2v) is 5.78. The summed E-state index contributed by atoms with van der Waals surface area (Å²) in [4.78, 5) is 10.9. The SMILES string of the molecule is COCCC(C)Oc1ccc(S(N)(=O)=O)cc1C(=O)O. The monoisotopic (exact) mass is 303 g/mol. The van der Waals surface area contributed by atoms with E-state index in [1.54, 1.807) is 14.0 Å². The Kier molecular flexibility index (Phi) is 5.49. The molecule has 0 aliphatic heterocycles. The van der Waals surface area contributed by atoms with Crippen LogP contribution in [0.3, 0.4) is 0 Å². The Morgan fingerprint density at radius 3 is 2.60 bits per heavy atom. The van der Waals surface area contributed by atoms with Crippen LogP contribution in [-0.2, 0) is 14.8 Å². The molecular formula is C12H17NO6S. The number of methoxy groups -OCH3 is 1. The molecule has 0 saturated heterocycles. The van der Waals surface area contributed by atoms with Crippen LogP contribution in [0.2, 0.25) is 0 Å². The number of carbonyl (C=O) groups is 1. The van der Waals surface area contributed by atoms with Gasteiger partial charge in [0.2, 0.25) is 10.0 Å². The predicted molar refractivity (Wildman–Crippen MR) is 71.4 cm³/mol. The summed E-state index contributed by atoms with van der Waals surface area (Å²) in [6, 6.07) is 3.47. The summed E-state index contributed by atoms with van der Waals surface area (Å²) in [7, 11) is -2.41. The smallest absolute Gasteiger partial charge is 0.339 e. The van der Waals surface area contributed by atoms with Gasteiger partial charge < -0.3 is 14.6 Å². The molecule has 112 valence electrons. The Bertz CT molecular complexity index is 584. The fourth-order valence-electron chi connectivity index (χ4n) is 1.52. The second-order valence-electron chi connectivity index (χ2n) is 4.22. The Labute approximate surface area is 117 Å². The van der Waals surface area contributed by atoms with Gasteiger partial charge in [0, 0.05) is 20.1 Å². The fraction of sp³-hybridized carbons (Fsp3) is 0.417. The number of carboxylic acids is 1. The van der Waals surface area contributed by atoms with Gasteiger partial charge in [-0.15, -0.1) is 0 Å². The molecule has 0 amide bonds. The summed E-state index contributed by atoms with van der Waals surface area (Å²) >= 11 is 0. The lowest BCUT2D eigenvalue weighted by Crippen LogP contribution is -2.17. The van der Waals surface area contributed by atoms with Crippen LogP contribution < -0.4 is 9.88 Å². The van der Waals surface area contributed by atoms with Gasteiger partial charge in [0.15, 0.2) is 0 Å². The number of carboxylic acid groups (broad SMARTS) is 1. The van der Waals surface area contributed by atoms with E-state index in [-0.39, 0.29) is 22.3 Å². The number of sulfonamides is 1. The largest absolute Gasteiger partial charge is 0.490 e. The Balaban J connectivity index is 3.05. The van der Waals surface area contributed by atoms with Crippen molar-refractivity contribution in [1.29, 1.82) is 0 Å². The number of rotatable bonds is 7. The van der Waals surface area contributed by atoms with Gasteiger partial charge in [0.1, 0.15) is 11.3 Å². The first-order chi connectivity index (χ1) is 9.25. The van der Waals surface area contributed by atoms with Crippen LogP contribution in [0, 0.1) is 0 Å². The standard InChI is InChI=1S/C12H17NO6S/c1-8(5-6-18-2)19-11-4-3-9(20(13,16)17)7-10(11)12(14)15/h3-4,7-8H,5-6H2,1-2H3,(H,14,15)(H2,13,16,17). The Morgan fingerprint density at radius 2 is 2.10 bits per heavy atom. The van der Waals surface area contributed by atoms with E-state index in [0.29, 0.717) is 13.0 Å². The van der Waals surface area contributed by atoms with Crippen LogP contribution in [0.1, 0.15) is 23.7 Å². The maximum atomic E-state index is 11.2. The highest BCUT2D eigenvalue weighted by Crippen LogP contribution is 2.23. The quantitative estimate of drug-likeness (QED) is 0.771. The minimum absolute atomic E-state index is 0.0912. The zero-order valence-corrected chi connectivity index (χ0v) is 12.0. The molecule has 1 atom stereocenters. The van der Waals surface area contributed by atoms with E-state index in [2.05, 4.69) is 0 Å². The van der Waals surface area contributed by atoms with Crippen molar-refractivity contribution in [2.24, 2.45) is 5.14 Å². The van der Waals surface area contributed by atoms with Crippen LogP contribution in [-0.4, -0.2) is 39.3 Å². The van der Waals surface area contributed by atoms with Crippen molar-refractivity contribution in [1.82, 2.24) is 0 Å². The normalized spacial score (nSPS) is 12.9.